The highest BCUT2D eigenvalue weighted by Crippen LogP contribution is 2.33. The van der Waals surface area contributed by atoms with Gasteiger partial charge in [0.15, 0.2) is 0 Å². The van der Waals surface area contributed by atoms with E-state index in [9.17, 15) is 0 Å². The number of benzene rings is 1. The van der Waals surface area contributed by atoms with Gasteiger partial charge in [-0.25, -0.2) is 4.98 Å². The van der Waals surface area contributed by atoms with Crippen molar-refractivity contribution in [2.45, 2.75) is 25.6 Å². The van der Waals surface area contributed by atoms with Crippen molar-refractivity contribution in [3.63, 3.8) is 0 Å². The van der Waals surface area contributed by atoms with Gasteiger partial charge >= 0.3 is 0 Å². The van der Waals surface area contributed by atoms with Crippen LogP contribution >= 0.6 is 23.2 Å². The molecular formula is C15H16Cl2N4. The van der Waals surface area contributed by atoms with E-state index in [1.54, 1.807) is 4.68 Å². The van der Waals surface area contributed by atoms with E-state index in [-0.39, 0.29) is 5.38 Å². The number of hydrogen-bond acceptors (Lipinski definition) is 2. The van der Waals surface area contributed by atoms with Crippen LogP contribution in [-0.2, 0) is 13.5 Å². The molecule has 0 fully saturated rings. The molecule has 110 valence electrons. The first-order chi connectivity index (χ1) is 10.0. The van der Waals surface area contributed by atoms with Crippen LogP contribution in [0.3, 0.4) is 0 Å². The lowest BCUT2D eigenvalue weighted by atomic mass is 10.2. The highest BCUT2D eigenvalue weighted by molar-refractivity contribution is 6.35. The second kappa shape index (κ2) is 5.35. The zero-order valence-corrected chi connectivity index (χ0v) is 13.7. The smallest absolute Gasteiger partial charge is 0.132 e. The second-order valence-electron chi connectivity index (χ2n) is 5.02. The number of alkyl halides is 1. The first-order valence-corrected chi connectivity index (χ1v) is 7.68. The van der Waals surface area contributed by atoms with Gasteiger partial charge in [0.25, 0.3) is 0 Å². The van der Waals surface area contributed by atoms with E-state index in [2.05, 4.69) is 17.0 Å². The average molecular weight is 323 g/mol. The van der Waals surface area contributed by atoms with Crippen LogP contribution in [0.5, 0.6) is 0 Å². The Bertz CT molecular complexity index is 801. The Morgan fingerprint density at radius 3 is 2.76 bits per heavy atom. The summed E-state index contributed by atoms with van der Waals surface area (Å²) in [7, 11) is 1.91. The molecule has 2 heterocycles. The van der Waals surface area contributed by atoms with E-state index in [4.69, 9.17) is 23.2 Å². The highest BCUT2D eigenvalue weighted by Gasteiger charge is 2.21. The summed E-state index contributed by atoms with van der Waals surface area (Å²) in [5.74, 6) is 0.780. The minimum Gasteiger partial charge on any atom is -0.290 e. The number of aromatic nitrogens is 4. The molecule has 3 aromatic rings. The summed E-state index contributed by atoms with van der Waals surface area (Å²) in [6, 6.07) is 5.71. The van der Waals surface area contributed by atoms with Gasteiger partial charge in [0.05, 0.1) is 32.8 Å². The predicted octanol–water partition coefficient (Wildman–Crippen LogP) is 4.27. The van der Waals surface area contributed by atoms with E-state index in [0.29, 0.717) is 5.02 Å². The van der Waals surface area contributed by atoms with Gasteiger partial charge in [-0.05, 0) is 25.5 Å². The lowest BCUT2D eigenvalue weighted by Gasteiger charge is -2.10. The minimum absolute atomic E-state index is 0.224. The van der Waals surface area contributed by atoms with Crippen molar-refractivity contribution in [3.8, 4) is 5.69 Å². The summed E-state index contributed by atoms with van der Waals surface area (Å²) in [5.41, 5.74) is 3.70. The molecule has 21 heavy (non-hydrogen) atoms. The van der Waals surface area contributed by atoms with Crippen LogP contribution in [0.25, 0.3) is 16.7 Å². The summed E-state index contributed by atoms with van der Waals surface area (Å²) in [6.07, 6.45) is 2.81. The number of fused-ring (bicyclic) bond motifs is 1. The molecule has 0 amide bonds. The zero-order chi connectivity index (χ0) is 15.1. The zero-order valence-electron chi connectivity index (χ0n) is 12.1. The number of imidazole rings is 1. The number of aryl methyl sites for hydroxylation is 2. The molecule has 0 N–H and O–H groups in total. The van der Waals surface area contributed by atoms with Gasteiger partial charge in [-0.2, -0.15) is 5.10 Å². The molecule has 2 aromatic heterocycles. The fourth-order valence-corrected chi connectivity index (χ4v) is 2.98. The lowest BCUT2D eigenvalue weighted by molar-refractivity contribution is 0.746. The summed E-state index contributed by atoms with van der Waals surface area (Å²) >= 11 is 12.7. The molecule has 3 rings (SSSR count). The molecule has 0 aliphatic rings. The first kappa shape index (κ1) is 14.4. The Morgan fingerprint density at radius 2 is 2.10 bits per heavy atom. The fraction of sp³-hybridized carbons (Fsp3) is 0.333. The fourth-order valence-electron chi connectivity index (χ4n) is 2.57. The standard InChI is InChI=1S/C15H16Cl2N4/c1-4-11-13(8-20(3)19-11)21-14-10(17)6-5-7-12(14)18-15(21)9(2)16/h5-9H,4H2,1-3H3. The molecule has 0 bridgehead atoms. The monoisotopic (exact) mass is 322 g/mol. The van der Waals surface area contributed by atoms with Crippen molar-refractivity contribution in [2.75, 3.05) is 0 Å². The minimum atomic E-state index is -0.224. The quantitative estimate of drug-likeness (QED) is 0.675. The average Bonchev–Trinajstić information content (AvgIpc) is 2.99. The van der Waals surface area contributed by atoms with Crippen LogP contribution in [0.2, 0.25) is 5.02 Å². The number of para-hydroxylation sites is 1. The molecule has 4 nitrogen and oxygen atoms in total. The van der Waals surface area contributed by atoms with Gasteiger partial charge < -0.3 is 0 Å². The Labute approximate surface area is 133 Å². The number of nitrogens with zero attached hydrogens (tertiary/aromatic N) is 4. The molecular weight excluding hydrogens is 307 g/mol. The van der Waals surface area contributed by atoms with Crippen molar-refractivity contribution in [2.24, 2.45) is 7.05 Å². The van der Waals surface area contributed by atoms with Crippen LogP contribution in [0.4, 0.5) is 0 Å². The predicted molar refractivity (Wildman–Crippen MR) is 86.5 cm³/mol. The van der Waals surface area contributed by atoms with Gasteiger partial charge in [0, 0.05) is 13.2 Å². The van der Waals surface area contributed by atoms with Gasteiger partial charge in [-0.3, -0.25) is 9.25 Å². The molecule has 0 spiro atoms. The van der Waals surface area contributed by atoms with E-state index in [1.165, 1.54) is 0 Å². The van der Waals surface area contributed by atoms with Crippen LogP contribution in [0.1, 0.15) is 30.7 Å². The van der Waals surface area contributed by atoms with Crippen LogP contribution in [0.15, 0.2) is 24.4 Å². The number of hydrogen-bond donors (Lipinski definition) is 0. The molecule has 0 radical (unpaired) electrons. The number of halogens is 2. The van der Waals surface area contributed by atoms with E-state index in [0.717, 1.165) is 34.7 Å². The molecule has 6 heteroatoms. The highest BCUT2D eigenvalue weighted by atomic mass is 35.5. The Balaban J connectivity index is 2.41. The Morgan fingerprint density at radius 1 is 1.33 bits per heavy atom. The molecule has 0 aliphatic carbocycles. The van der Waals surface area contributed by atoms with Gasteiger partial charge in [-0.15, -0.1) is 11.6 Å². The van der Waals surface area contributed by atoms with Crippen molar-refractivity contribution in [1.82, 2.24) is 19.3 Å². The Hall–Kier alpha value is -1.52. The van der Waals surface area contributed by atoms with Crippen LogP contribution < -0.4 is 0 Å². The number of rotatable bonds is 3. The van der Waals surface area contributed by atoms with Gasteiger partial charge in [0.1, 0.15) is 5.82 Å². The van der Waals surface area contributed by atoms with Crippen molar-refractivity contribution in [3.05, 3.63) is 40.9 Å². The second-order valence-corrected chi connectivity index (χ2v) is 6.08. The lowest BCUT2D eigenvalue weighted by Crippen LogP contribution is -2.03. The SMILES string of the molecule is CCc1nn(C)cc1-n1c(C(C)Cl)nc2cccc(Cl)c21. The maximum Gasteiger partial charge on any atom is 0.132 e. The third kappa shape index (κ3) is 2.32. The van der Waals surface area contributed by atoms with E-state index >= 15 is 0 Å². The van der Waals surface area contributed by atoms with Crippen LogP contribution in [0, 0.1) is 0 Å². The summed E-state index contributed by atoms with van der Waals surface area (Å²) < 4.78 is 3.83. The first-order valence-electron chi connectivity index (χ1n) is 6.86. The maximum atomic E-state index is 6.40. The van der Waals surface area contributed by atoms with Crippen molar-refractivity contribution in [1.29, 1.82) is 0 Å². The normalized spacial score (nSPS) is 13.0. The summed E-state index contributed by atoms with van der Waals surface area (Å²) in [4.78, 5) is 4.64. The largest absolute Gasteiger partial charge is 0.290 e. The van der Waals surface area contributed by atoms with Crippen molar-refractivity contribution >= 4 is 34.2 Å². The van der Waals surface area contributed by atoms with E-state index in [1.807, 2.05) is 42.9 Å². The maximum absolute atomic E-state index is 6.40. The third-order valence-corrected chi connectivity index (χ3v) is 3.97. The molecule has 0 saturated carbocycles. The third-order valence-electron chi connectivity index (χ3n) is 3.47. The van der Waals surface area contributed by atoms with Gasteiger partial charge in [0.2, 0.25) is 0 Å². The molecule has 0 saturated heterocycles. The molecule has 0 aliphatic heterocycles. The molecule has 1 unspecified atom stereocenters. The molecule has 1 aromatic carbocycles. The summed E-state index contributed by atoms with van der Waals surface area (Å²) in [5, 5.41) is 4.94. The van der Waals surface area contributed by atoms with Crippen LogP contribution in [-0.4, -0.2) is 19.3 Å². The Kier molecular flexibility index (Phi) is 3.68. The van der Waals surface area contributed by atoms with Gasteiger partial charge in [-0.1, -0.05) is 24.6 Å². The summed E-state index contributed by atoms with van der Waals surface area (Å²) in [6.45, 7) is 3.99. The topological polar surface area (TPSA) is 35.6 Å². The van der Waals surface area contributed by atoms with Crippen molar-refractivity contribution < 1.29 is 0 Å². The molecule has 1 atom stereocenters. The van der Waals surface area contributed by atoms with E-state index < -0.39 is 0 Å².